The van der Waals surface area contributed by atoms with Crippen molar-refractivity contribution in [2.45, 2.75) is 25.6 Å². The maximum Gasteiger partial charge on any atom is 0.417 e. The molecule has 1 aromatic heterocycles. The fourth-order valence-corrected chi connectivity index (χ4v) is 3.48. The Morgan fingerprint density at radius 1 is 1.03 bits per heavy atom. The van der Waals surface area contributed by atoms with Crippen LogP contribution in [0.2, 0.25) is 0 Å². The second-order valence-corrected chi connectivity index (χ2v) is 7.12. The predicted molar refractivity (Wildman–Crippen MR) is 103 cm³/mol. The van der Waals surface area contributed by atoms with Crippen LogP contribution in [0.25, 0.3) is 11.0 Å². The Morgan fingerprint density at radius 2 is 1.73 bits per heavy atom. The first kappa shape index (κ1) is 20.0. The van der Waals surface area contributed by atoms with Gasteiger partial charge in [-0.2, -0.15) is 13.2 Å². The van der Waals surface area contributed by atoms with E-state index in [9.17, 15) is 22.8 Å². The molecular formula is C22H18F3NO4. The molecule has 0 saturated carbocycles. The van der Waals surface area contributed by atoms with E-state index >= 15 is 0 Å². The zero-order valence-corrected chi connectivity index (χ0v) is 15.9. The van der Waals surface area contributed by atoms with Crippen LogP contribution in [0.4, 0.5) is 13.2 Å². The third-order valence-corrected chi connectivity index (χ3v) is 5.02. The fraction of sp³-hybridized carbons (Fsp3) is 0.273. The summed E-state index contributed by atoms with van der Waals surface area (Å²) >= 11 is 0. The molecule has 30 heavy (non-hydrogen) atoms. The summed E-state index contributed by atoms with van der Waals surface area (Å²) in [5, 5.41) is -0.209. The normalized spacial score (nSPS) is 14.3. The van der Waals surface area contributed by atoms with E-state index in [2.05, 4.69) is 0 Å². The number of rotatable bonds is 4. The van der Waals surface area contributed by atoms with Crippen LogP contribution in [0.1, 0.15) is 34.3 Å². The quantitative estimate of drug-likeness (QED) is 0.581. The van der Waals surface area contributed by atoms with Gasteiger partial charge in [-0.05, 0) is 42.7 Å². The molecule has 1 fully saturated rings. The zero-order valence-electron chi connectivity index (χ0n) is 15.9. The average molecular weight is 417 g/mol. The molecule has 0 spiro atoms. The van der Waals surface area contributed by atoms with E-state index in [1.165, 1.54) is 18.2 Å². The lowest BCUT2D eigenvalue weighted by Gasteiger charge is -2.15. The Labute approximate surface area is 169 Å². The molecule has 1 aliphatic rings. The molecule has 1 aliphatic heterocycles. The van der Waals surface area contributed by atoms with Gasteiger partial charge in [0, 0.05) is 36.2 Å². The summed E-state index contributed by atoms with van der Waals surface area (Å²) < 4.78 is 49.9. The van der Waals surface area contributed by atoms with Crippen molar-refractivity contribution in [2.75, 3.05) is 13.1 Å². The molecule has 2 aromatic carbocycles. The minimum Gasteiger partial charge on any atom is -0.489 e. The SMILES string of the molecule is O=C(c1ccc(COc2ccc3c(C(F)(F)F)cc(=O)oc3c2)cc1)N1CCCC1. The minimum atomic E-state index is -4.66. The smallest absolute Gasteiger partial charge is 0.417 e. The highest BCUT2D eigenvalue weighted by Crippen LogP contribution is 2.34. The molecule has 0 N–H and O–H groups in total. The summed E-state index contributed by atoms with van der Waals surface area (Å²) in [6.45, 7) is 1.70. The molecule has 0 atom stereocenters. The van der Waals surface area contributed by atoms with E-state index in [1.54, 1.807) is 24.3 Å². The standard InChI is InChI=1S/C22H18F3NO4/c23-22(24,25)18-12-20(27)30-19-11-16(7-8-17(18)19)29-13-14-3-5-15(6-4-14)21(28)26-9-1-2-10-26/h3-8,11-12H,1-2,9-10,13H2. The number of carbonyl (C=O) groups is 1. The van der Waals surface area contributed by atoms with Crippen molar-refractivity contribution in [1.29, 1.82) is 0 Å². The van der Waals surface area contributed by atoms with Crippen LogP contribution in [0, 0.1) is 0 Å². The summed E-state index contributed by atoms with van der Waals surface area (Å²) in [5.41, 5.74) is -0.922. The van der Waals surface area contributed by atoms with Gasteiger partial charge in [0.05, 0.1) is 5.56 Å². The summed E-state index contributed by atoms with van der Waals surface area (Å²) in [6, 6.07) is 11.3. The number of hydrogen-bond donors (Lipinski definition) is 0. The molecule has 5 nitrogen and oxygen atoms in total. The van der Waals surface area contributed by atoms with Crippen molar-refractivity contribution in [2.24, 2.45) is 0 Å². The van der Waals surface area contributed by atoms with Crippen LogP contribution in [-0.2, 0) is 12.8 Å². The van der Waals surface area contributed by atoms with Crippen LogP contribution < -0.4 is 10.4 Å². The first-order valence-corrected chi connectivity index (χ1v) is 9.47. The largest absolute Gasteiger partial charge is 0.489 e. The molecule has 1 saturated heterocycles. The van der Waals surface area contributed by atoms with Crippen LogP contribution in [0.3, 0.4) is 0 Å². The van der Waals surface area contributed by atoms with E-state index in [1.807, 2.05) is 4.90 Å². The predicted octanol–water partition coefficient (Wildman–Crippen LogP) is 4.63. The molecule has 156 valence electrons. The second-order valence-electron chi connectivity index (χ2n) is 7.12. The van der Waals surface area contributed by atoms with Crippen molar-refractivity contribution in [3.05, 3.63) is 75.6 Å². The fourth-order valence-electron chi connectivity index (χ4n) is 3.48. The summed E-state index contributed by atoms with van der Waals surface area (Å²) in [5.74, 6) is 0.271. The van der Waals surface area contributed by atoms with Crippen LogP contribution >= 0.6 is 0 Å². The van der Waals surface area contributed by atoms with Gasteiger partial charge >= 0.3 is 11.8 Å². The number of carbonyl (C=O) groups excluding carboxylic acids is 1. The molecule has 4 rings (SSSR count). The Morgan fingerprint density at radius 3 is 2.40 bits per heavy atom. The van der Waals surface area contributed by atoms with Gasteiger partial charge in [0.1, 0.15) is 17.9 Å². The monoisotopic (exact) mass is 417 g/mol. The van der Waals surface area contributed by atoms with Crippen molar-refractivity contribution >= 4 is 16.9 Å². The highest BCUT2D eigenvalue weighted by atomic mass is 19.4. The van der Waals surface area contributed by atoms with Crippen LogP contribution in [0.15, 0.2) is 57.7 Å². The molecule has 2 heterocycles. The second kappa shape index (κ2) is 7.85. The average Bonchev–Trinajstić information content (AvgIpc) is 3.25. The third-order valence-electron chi connectivity index (χ3n) is 5.02. The van der Waals surface area contributed by atoms with E-state index < -0.39 is 17.4 Å². The molecule has 0 radical (unpaired) electrons. The van der Waals surface area contributed by atoms with E-state index in [-0.39, 0.29) is 29.2 Å². The van der Waals surface area contributed by atoms with Gasteiger partial charge < -0.3 is 14.1 Å². The zero-order chi connectivity index (χ0) is 21.3. The number of fused-ring (bicyclic) bond motifs is 1. The number of nitrogens with zero attached hydrogens (tertiary/aromatic N) is 1. The molecule has 3 aromatic rings. The van der Waals surface area contributed by atoms with E-state index in [0.29, 0.717) is 11.6 Å². The third kappa shape index (κ3) is 4.17. The number of hydrogen-bond acceptors (Lipinski definition) is 4. The molecule has 0 unspecified atom stereocenters. The van der Waals surface area contributed by atoms with Crippen molar-refractivity contribution in [3.63, 3.8) is 0 Å². The molecular weight excluding hydrogens is 399 g/mol. The maximum atomic E-state index is 13.1. The van der Waals surface area contributed by atoms with E-state index in [0.717, 1.165) is 31.5 Å². The van der Waals surface area contributed by atoms with Gasteiger partial charge in [-0.3, -0.25) is 4.79 Å². The highest BCUT2D eigenvalue weighted by Gasteiger charge is 2.33. The molecule has 8 heteroatoms. The first-order chi connectivity index (χ1) is 14.3. The van der Waals surface area contributed by atoms with Crippen LogP contribution in [-0.4, -0.2) is 23.9 Å². The van der Waals surface area contributed by atoms with Crippen molar-refractivity contribution in [1.82, 2.24) is 4.90 Å². The van der Waals surface area contributed by atoms with Gasteiger partial charge in [0.15, 0.2) is 0 Å². The van der Waals surface area contributed by atoms with Crippen LogP contribution in [0.5, 0.6) is 5.75 Å². The lowest BCUT2D eigenvalue weighted by atomic mass is 10.1. The number of likely N-dealkylation sites (tertiary alicyclic amines) is 1. The van der Waals surface area contributed by atoms with E-state index in [4.69, 9.17) is 9.15 Å². The summed E-state index contributed by atoms with van der Waals surface area (Å²) in [7, 11) is 0. The Balaban J connectivity index is 1.48. The van der Waals surface area contributed by atoms with Gasteiger partial charge in [0.25, 0.3) is 5.91 Å². The highest BCUT2D eigenvalue weighted by molar-refractivity contribution is 5.94. The lowest BCUT2D eigenvalue weighted by molar-refractivity contribution is -0.136. The van der Waals surface area contributed by atoms with Gasteiger partial charge in [-0.25, -0.2) is 4.79 Å². The molecule has 0 bridgehead atoms. The molecule has 1 amide bonds. The minimum absolute atomic E-state index is 0.00463. The maximum absolute atomic E-state index is 13.1. The first-order valence-electron chi connectivity index (χ1n) is 9.47. The van der Waals surface area contributed by atoms with Gasteiger partial charge in [-0.15, -0.1) is 0 Å². The Kier molecular flexibility index (Phi) is 5.24. The van der Waals surface area contributed by atoms with Crippen molar-refractivity contribution in [3.8, 4) is 5.75 Å². The Bertz CT molecular complexity index is 1130. The number of alkyl halides is 3. The summed E-state index contributed by atoms with van der Waals surface area (Å²) in [4.78, 5) is 25.7. The lowest BCUT2D eigenvalue weighted by Crippen LogP contribution is -2.27. The number of ether oxygens (including phenoxy) is 1. The number of benzene rings is 2. The molecule has 0 aliphatic carbocycles. The number of amides is 1. The van der Waals surface area contributed by atoms with Gasteiger partial charge in [-0.1, -0.05) is 12.1 Å². The Hall–Kier alpha value is -3.29. The topological polar surface area (TPSA) is 59.8 Å². The summed E-state index contributed by atoms with van der Waals surface area (Å²) in [6.07, 6.45) is -2.62. The van der Waals surface area contributed by atoms with Gasteiger partial charge in [0.2, 0.25) is 0 Å². The van der Waals surface area contributed by atoms with Crippen molar-refractivity contribution < 1.29 is 27.1 Å². The number of halogens is 3.